The summed E-state index contributed by atoms with van der Waals surface area (Å²) in [5.74, 6) is -0.168. The summed E-state index contributed by atoms with van der Waals surface area (Å²) in [5.41, 5.74) is 0.719. The monoisotopic (exact) mass is 197 g/mol. The fourth-order valence-electron chi connectivity index (χ4n) is 1.43. The zero-order valence-electron chi connectivity index (χ0n) is 9.22. The normalized spacial score (nSPS) is 23.4. The lowest BCUT2D eigenvalue weighted by Crippen LogP contribution is -2.44. The average Bonchev–Trinajstić information content (AvgIpc) is 2.01. The van der Waals surface area contributed by atoms with Crippen LogP contribution in [0, 0.1) is 0 Å². The second-order valence-electron chi connectivity index (χ2n) is 4.74. The predicted octanol–water partition coefficient (Wildman–Crippen LogP) is 1.64. The van der Waals surface area contributed by atoms with Crippen molar-refractivity contribution in [3.63, 3.8) is 0 Å². The molecule has 0 spiro atoms. The van der Waals surface area contributed by atoms with E-state index in [4.69, 9.17) is 4.74 Å². The molecule has 0 saturated carbocycles. The van der Waals surface area contributed by atoms with Crippen LogP contribution in [0.2, 0.25) is 0 Å². The van der Waals surface area contributed by atoms with Gasteiger partial charge in [-0.05, 0) is 40.2 Å². The Morgan fingerprint density at radius 3 is 2.71 bits per heavy atom. The van der Waals surface area contributed by atoms with Gasteiger partial charge in [0.05, 0.1) is 0 Å². The molecule has 0 aromatic heterocycles. The molecule has 0 bridgehead atoms. The van der Waals surface area contributed by atoms with Crippen LogP contribution in [0.5, 0.6) is 0 Å². The number of ether oxygens (including phenoxy) is 1. The lowest BCUT2D eigenvalue weighted by atomic mass is 10.0. The van der Waals surface area contributed by atoms with Crippen LogP contribution in [0.1, 0.15) is 33.6 Å². The fourth-order valence-corrected chi connectivity index (χ4v) is 1.43. The van der Waals surface area contributed by atoms with E-state index in [1.165, 1.54) is 0 Å². The van der Waals surface area contributed by atoms with E-state index in [0.29, 0.717) is 6.42 Å². The summed E-state index contributed by atoms with van der Waals surface area (Å²) < 4.78 is 5.28. The molecule has 1 fully saturated rings. The van der Waals surface area contributed by atoms with Gasteiger partial charge >= 0.3 is 5.97 Å². The SMILES string of the molecule is C=C1CCNC(C(=O)OC(C)(C)C)C1. The van der Waals surface area contributed by atoms with E-state index < -0.39 is 5.60 Å². The molecule has 1 saturated heterocycles. The van der Waals surface area contributed by atoms with E-state index in [-0.39, 0.29) is 12.0 Å². The van der Waals surface area contributed by atoms with Gasteiger partial charge in [0.25, 0.3) is 0 Å². The third-order valence-electron chi connectivity index (χ3n) is 2.05. The van der Waals surface area contributed by atoms with E-state index in [2.05, 4.69) is 11.9 Å². The number of rotatable bonds is 1. The molecular weight excluding hydrogens is 178 g/mol. The minimum Gasteiger partial charge on any atom is -0.459 e. The molecule has 3 nitrogen and oxygen atoms in total. The summed E-state index contributed by atoms with van der Waals surface area (Å²) in [7, 11) is 0. The molecule has 1 N–H and O–H groups in total. The molecule has 1 heterocycles. The Bertz CT molecular complexity index is 240. The number of hydrogen-bond acceptors (Lipinski definition) is 3. The van der Waals surface area contributed by atoms with Crippen LogP contribution in [-0.4, -0.2) is 24.2 Å². The highest BCUT2D eigenvalue weighted by Gasteiger charge is 2.27. The number of hydrogen-bond donors (Lipinski definition) is 1. The second-order valence-corrected chi connectivity index (χ2v) is 4.74. The molecule has 1 atom stereocenters. The number of carbonyl (C=O) groups is 1. The standard InChI is InChI=1S/C11H19NO2/c1-8-5-6-12-9(7-8)10(13)14-11(2,3)4/h9,12H,1,5-7H2,2-4H3. The average molecular weight is 197 g/mol. The van der Waals surface area contributed by atoms with Gasteiger partial charge in [-0.2, -0.15) is 0 Å². The zero-order valence-corrected chi connectivity index (χ0v) is 9.22. The van der Waals surface area contributed by atoms with Gasteiger partial charge < -0.3 is 10.1 Å². The molecule has 1 unspecified atom stereocenters. The van der Waals surface area contributed by atoms with Crippen molar-refractivity contribution in [2.75, 3.05) is 6.54 Å². The van der Waals surface area contributed by atoms with Crippen molar-refractivity contribution < 1.29 is 9.53 Å². The van der Waals surface area contributed by atoms with Crippen LogP contribution in [0.4, 0.5) is 0 Å². The van der Waals surface area contributed by atoms with Gasteiger partial charge in [-0.25, -0.2) is 0 Å². The summed E-state index contributed by atoms with van der Waals surface area (Å²) in [6, 6.07) is -0.199. The molecule has 1 rings (SSSR count). The van der Waals surface area contributed by atoms with Gasteiger partial charge in [-0.3, -0.25) is 4.79 Å². The first-order valence-corrected chi connectivity index (χ1v) is 5.01. The minimum absolute atomic E-state index is 0.168. The maximum atomic E-state index is 11.6. The summed E-state index contributed by atoms with van der Waals surface area (Å²) >= 11 is 0. The van der Waals surface area contributed by atoms with Gasteiger partial charge in [-0.15, -0.1) is 0 Å². The molecule has 1 aliphatic heterocycles. The smallest absolute Gasteiger partial charge is 0.323 e. The molecule has 1 aliphatic rings. The Morgan fingerprint density at radius 1 is 1.57 bits per heavy atom. The highest BCUT2D eigenvalue weighted by Crippen LogP contribution is 2.16. The van der Waals surface area contributed by atoms with Crippen molar-refractivity contribution in [2.45, 2.75) is 45.3 Å². The van der Waals surface area contributed by atoms with E-state index in [1.54, 1.807) is 0 Å². The summed E-state index contributed by atoms with van der Waals surface area (Å²) in [6.45, 7) is 10.4. The molecule has 0 radical (unpaired) electrons. The number of esters is 1. The number of piperidine rings is 1. The zero-order chi connectivity index (χ0) is 10.8. The first kappa shape index (κ1) is 11.2. The lowest BCUT2D eigenvalue weighted by molar-refractivity contribution is -0.157. The maximum Gasteiger partial charge on any atom is 0.323 e. The highest BCUT2D eigenvalue weighted by molar-refractivity contribution is 5.76. The third-order valence-corrected chi connectivity index (χ3v) is 2.05. The molecule has 0 aromatic rings. The van der Waals surface area contributed by atoms with Crippen molar-refractivity contribution in [2.24, 2.45) is 0 Å². The number of carbonyl (C=O) groups excluding carboxylic acids is 1. The second kappa shape index (κ2) is 4.13. The molecule has 0 amide bonds. The van der Waals surface area contributed by atoms with Gasteiger partial charge in [0.1, 0.15) is 11.6 Å². The summed E-state index contributed by atoms with van der Waals surface area (Å²) in [4.78, 5) is 11.6. The fraction of sp³-hybridized carbons (Fsp3) is 0.727. The highest BCUT2D eigenvalue weighted by atomic mass is 16.6. The minimum atomic E-state index is -0.405. The maximum absolute atomic E-state index is 11.6. The van der Waals surface area contributed by atoms with Crippen molar-refractivity contribution in [1.29, 1.82) is 0 Å². The van der Waals surface area contributed by atoms with E-state index in [9.17, 15) is 4.79 Å². The molecule has 80 valence electrons. The Hall–Kier alpha value is -0.830. The first-order chi connectivity index (χ1) is 6.38. The summed E-state index contributed by atoms with van der Waals surface area (Å²) in [5, 5.41) is 3.14. The van der Waals surface area contributed by atoms with Crippen molar-refractivity contribution >= 4 is 5.97 Å². The molecule has 3 heteroatoms. The van der Waals surface area contributed by atoms with E-state index in [1.807, 2.05) is 20.8 Å². The van der Waals surface area contributed by atoms with Crippen molar-refractivity contribution in [3.05, 3.63) is 12.2 Å². The largest absolute Gasteiger partial charge is 0.459 e. The Balaban J connectivity index is 2.48. The van der Waals surface area contributed by atoms with Crippen LogP contribution in [-0.2, 0) is 9.53 Å². The quantitative estimate of drug-likeness (QED) is 0.513. The topological polar surface area (TPSA) is 38.3 Å². The molecule has 0 aromatic carbocycles. The van der Waals surface area contributed by atoms with Crippen LogP contribution >= 0.6 is 0 Å². The molecule has 14 heavy (non-hydrogen) atoms. The van der Waals surface area contributed by atoms with Crippen molar-refractivity contribution in [1.82, 2.24) is 5.32 Å². The van der Waals surface area contributed by atoms with E-state index in [0.717, 1.165) is 18.5 Å². The Kier molecular flexibility index (Phi) is 3.32. The van der Waals surface area contributed by atoms with Crippen LogP contribution in [0.25, 0.3) is 0 Å². The van der Waals surface area contributed by atoms with Gasteiger partial charge in [0.15, 0.2) is 0 Å². The van der Waals surface area contributed by atoms with E-state index >= 15 is 0 Å². The number of nitrogens with one attached hydrogen (secondary N) is 1. The van der Waals surface area contributed by atoms with Crippen molar-refractivity contribution in [3.8, 4) is 0 Å². The summed E-state index contributed by atoms with van der Waals surface area (Å²) in [6.07, 6.45) is 1.66. The van der Waals surface area contributed by atoms with Gasteiger partial charge in [0.2, 0.25) is 0 Å². The van der Waals surface area contributed by atoms with Gasteiger partial charge in [-0.1, -0.05) is 12.2 Å². The molecular formula is C11H19NO2. The first-order valence-electron chi connectivity index (χ1n) is 5.01. The van der Waals surface area contributed by atoms with Crippen LogP contribution < -0.4 is 5.32 Å². The lowest BCUT2D eigenvalue weighted by Gasteiger charge is -2.27. The van der Waals surface area contributed by atoms with Crippen LogP contribution in [0.15, 0.2) is 12.2 Å². The van der Waals surface area contributed by atoms with Crippen LogP contribution in [0.3, 0.4) is 0 Å². The Morgan fingerprint density at radius 2 is 2.21 bits per heavy atom. The van der Waals surface area contributed by atoms with Gasteiger partial charge in [0, 0.05) is 0 Å². The predicted molar refractivity (Wildman–Crippen MR) is 56.0 cm³/mol. The Labute approximate surface area is 85.5 Å². The molecule has 0 aliphatic carbocycles. The third kappa shape index (κ3) is 3.50.